The summed E-state index contributed by atoms with van der Waals surface area (Å²) in [6.45, 7) is 3.96. The van der Waals surface area contributed by atoms with E-state index in [0.29, 0.717) is 17.1 Å². The van der Waals surface area contributed by atoms with Crippen molar-refractivity contribution in [1.29, 1.82) is 0 Å². The molecule has 0 aromatic carbocycles. The molecule has 2 unspecified atom stereocenters. The van der Waals surface area contributed by atoms with E-state index < -0.39 is 0 Å². The van der Waals surface area contributed by atoms with Gasteiger partial charge in [-0.25, -0.2) is 4.98 Å². The summed E-state index contributed by atoms with van der Waals surface area (Å²) in [4.78, 5) is 14.9. The standard InChI is InChI=1S/C13H19N3O2S/c1-3-19-12-6-4-5-10(12)15-13-11(16(17)18)7-9(2)8-14-13/h7-8,10,12H,3-6H2,1-2H3,(H,14,15). The number of hydrogen-bond acceptors (Lipinski definition) is 5. The van der Waals surface area contributed by atoms with Crippen molar-refractivity contribution in [3.05, 3.63) is 27.9 Å². The van der Waals surface area contributed by atoms with Crippen molar-refractivity contribution < 1.29 is 4.92 Å². The minimum atomic E-state index is -0.362. The van der Waals surface area contributed by atoms with Crippen LogP contribution in [0.1, 0.15) is 31.7 Å². The molecule has 19 heavy (non-hydrogen) atoms. The Balaban J connectivity index is 2.16. The van der Waals surface area contributed by atoms with Crippen LogP contribution in [-0.2, 0) is 0 Å². The second-order valence-corrected chi connectivity index (χ2v) is 6.33. The number of aryl methyl sites for hydroxylation is 1. The molecule has 0 spiro atoms. The van der Waals surface area contributed by atoms with Crippen LogP contribution in [0.5, 0.6) is 0 Å². The second kappa shape index (κ2) is 6.23. The third-order valence-corrected chi connectivity index (χ3v) is 4.68. The molecule has 2 rings (SSSR count). The molecule has 104 valence electrons. The van der Waals surface area contributed by atoms with Gasteiger partial charge in [0.1, 0.15) is 0 Å². The highest BCUT2D eigenvalue weighted by molar-refractivity contribution is 7.99. The van der Waals surface area contributed by atoms with Gasteiger partial charge in [-0.15, -0.1) is 0 Å². The molecule has 0 radical (unpaired) electrons. The number of rotatable bonds is 5. The maximum absolute atomic E-state index is 11.1. The molecular weight excluding hydrogens is 262 g/mol. The fourth-order valence-electron chi connectivity index (χ4n) is 2.48. The molecule has 1 fully saturated rings. The lowest BCUT2D eigenvalue weighted by atomic mass is 10.2. The zero-order chi connectivity index (χ0) is 13.8. The minimum Gasteiger partial charge on any atom is -0.360 e. The van der Waals surface area contributed by atoms with Crippen LogP contribution in [0.25, 0.3) is 0 Å². The molecular formula is C13H19N3O2S. The van der Waals surface area contributed by atoms with Gasteiger partial charge >= 0.3 is 5.69 Å². The molecule has 1 aliphatic carbocycles. The zero-order valence-electron chi connectivity index (χ0n) is 11.3. The largest absolute Gasteiger partial charge is 0.360 e. The fourth-order valence-corrected chi connectivity index (χ4v) is 3.68. The summed E-state index contributed by atoms with van der Waals surface area (Å²) in [7, 11) is 0. The van der Waals surface area contributed by atoms with E-state index in [4.69, 9.17) is 0 Å². The molecule has 2 atom stereocenters. The predicted molar refractivity (Wildman–Crippen MR) is 78.8 cm³/mol. The number of nitro groups is 1. The van der Waals surface area contributed by atoms with Gasteiger partial charge in [0.2, 0.25) is 5.82 Å². The molecule has 1 heterocycles. The lowest BCUT2D eigenvalue weighted by molar-refractivity contribution is -0.384. The van der Waals surface area contributed by atoms with Gasteiger partial charge in [0.05, 0.1) is 4.92 Å². The van der Waals surface area contributed by atoms with E-state index in [1.807, 2.05) is 18.7 Å². The summed E-state index contributed by atoms with van der Waals surface area (Å²) in [5, 5.41) is 14.9. The van der Waals surface area contributed by atoms with E-state index in [1.54, 1.807) is 12.3 Å². The molecule has 0 saturated heterocycles. The van der Waals surface area contributed by atoms with E-state index >= 15 is 0 Å². The van der Waals surface area contributed by atoms with Crippen LogP contribution in [0.4, 0.5) is 11.5 Å². The van der Waals surface area contributed by atoms with E-state index in [-0.39, 0.29) is 10.6 Å². The van der Waals surface area contributed by atoms with E-state index in [0.717, 1.165) is 17.7 Å². The van der Waals surface area contributed by atoms with Crippen LogP contribution in [0.15, 0.2) is 12.3 Å². The normalized spacial score (nSPS) is 22.4. The van der Waals surface area contributed by atoms with Crippen molar-refractivity contribution in [2.24, 2.45) is 0 Å². The first-order valence-corrected chi connectivity index (χ1v) is 7.66. The van der Waals surface area contributed by atoms with Gasteiger partial charge in [-0.3, -0.25) is 10.1 Å². The van der Waals surface area contributed by atoms with Gasteiger partial charge in [-0.1, -0.05) is 13.3 Å². The van der Waals surface area contributed by atoms with Crippen LogP contribution in [-0.4, -0.2) is 27.0 Å². The van der Waals surface area contributed by atoms with Crippen molar-refractivity contribution >= 4 is 23.3 Å². The first-order chi connectivity index (χ1) is 9.11. The molecule has 1 saturated carbocycles. The van der Waals surface area contributed by atoms with Gasteiger partial charge in [0.25, 0.3) is 0 Å². The van der Waals surface area contributed by atoms with Crippen molar-refractivity contribution in [2.75, 3.05) is 11.1 Å². The van der Waals surface area contributed by atoms with Gasteiger partial charge in [0.15, 0.2) is 0 Å². The predicted octanol–water partition coefficient (Wildman–Crippen LogP) is 3.38. The number of nitrogens with one attached hydrogen (secondary N) is 1. The highest BCUT2D eigenvalue weighted by atomic mass is 32.2. The fraction of sp³-hybridized carbons (Fsp3) is 0.615. The smallest absolute Gasteiger partial charge is 0.311 e. The summed E-state index contributed by atoms with van der Waals surface area (Å²) in [6, 6.07) is 1.87. The molecule has 5 nitrogen and oxygen atoms in total. The molecule has 0 amide bonds. The van der Waals surface area contributed by atoms with Gasteiger partial charge in [0, 0.05) is 23.6 Å². The molecule has 0 aliphatic heterocycles. The quantitative estimate of drug-likeness (QED) is 0.662. The van der Waals surface area contributed by atoms with Crippen LogP contribution < -0.4 is 5.32 Å². The number of aromatic nitrogens is 1. The Hall–Kier alpha value is -1.30. The van der Waals surface area contributed by atoms with Crippen LogP contribution in [0, 0.1) is 17.0 Å². The maximum atomic E-state index is 11.1. The van der Waals surface area contributed by atoms with E-state index in [1.165, 1.54) is 12.8 Å². The third kappa shape index (κ3) is 3.37. The summed E-state index contributed by atoms with van der Waals surface area (Å²) in [6.07, 6.45) is 5.08. The van der Waals surface area contributed by atoms with E-state index in [2.05, 4.69) is 17.2 Å². The lowest BCUT2D eigenvalue weighted by Crippen LogP contribution is -2.27. The van der Waals surface area contributed by atoms with Crippen molar-refractivity contribution in [2.45, 2.75) is 44.4 Å². The first-order valence-electron chi connectivity index (χ1n) is 6.61. The number of nitrogens with zero attached hydrogens (tertiary/aromatic N) is 2. The Morgan fingerprint density at radius 3 is 3.05 bits per heavy atom. The second-order valence-electron chi connectivity index (χ2n) is 4.81. The SMILES string of the molecule is CCSC1CCCC1Nc1ncc(C)cc1[N+](=O)[O-]. The highest BCUT2D eigenvalue weighted by Gasteiger charge is 2.29. The number of anilines is 1. The summed E-state index contributed by atoms with van der Waals surface area (Å²) >= 11 is 1.92. The summed E-state index contributed by atoms with van der Waals surface area (Å²) < 4.78 is 0. The average molecular weight is 281 g/mol. The van der Waals surface area contributed by atoms with Gasteiger partial charge in [-0.2, -0.15) is 11.8 Å². The van der Waals surface area contributed by atoms with Crippen molar-refractivity contribution in [3.63, 3.8) is 0 Å². The van der Waals surface area contributed by atoms with Gasteiger partial charge in [-0.05, 0) is 31.1 Å². The third-order valence-electron chi connectivity index (χ3n) is 3.36. The number of thioether (sulfide) groups is 1. The van der Waals surface area contributed by atoms with E-state index in [9.17, 15) is 10.1 Å². The Morgan fingerprint density at radius 2 is 2.37 bits per heavy atom. The molecule has 1 N–H and O–H groups in total. The summed E-state index contributed by atoms with van der Waals surface area (Å²) in [5.74, 6) is 1.48. The van der Waals surface area contributed by atoms with Crippen LogP contribution >= 0.6 is 11.8 Å². The topological polar surface area (TPSA) is 68.1 Å². The average Bonchev–Trinajstić information content (AvgIpc) is 2.79. The molecule has 1 aromatic heterocycles. The van der Waals surface area contributed by atoms with Crippen LogP contribution in [0.3, 0.4) is 0 Å². The Kier molecular flexibility index (Phi) is 4.63. The Morgan fingerprint density at radius 1 is 1.58 bits per heavy atom. The molecule has 6 heteroatoms. The first kappa shape index (κ1) is 14.1. The molecule has 1 aliphatic rings. The monoisotopic (exact) mass is 281 g/mol. The van der Waals surface area contributed by atoms with Crippen molar-refractivity contribution in [1.82, 2.24) is 4.98 Å². The zero-order valence-corrected chi connectivity index (χ0v) is 12.1. The molecule has 0 bridgehead atoms. The lowest BCUT2D eigenvalue weighted by Gasteiger charge is -2.20. The highest BCUT2D eigenvalue weighted by Crippen LogP contribution is 2.33. The maximum Gasteiger partial charge on any atom is 0.311 e. The Labute approximate surface area is 117 Å². The van der Waals surface area contributed by atoms with Crippen LogP contribution in [0.2, 0.25) is 0 Å². The summed E-state index contributed by atoms with van der Waals surface area (Å²) in [5.41, 5.74) is 0.885. The Bertz CT molecular complexity index is 467. The van der Waals surface area contributed by atoms with Crippen molar-refractivity contribution in [3.8, 4) is 0 Å². The van der Waals surface area contributed by atoms with Gasteiger partial charge < -0.3 is 5.32 Å². The minimum absolute atomic E-state index is 0.0761. The number of hydrogen-bond donors (Lipinski definition) is 1. The number of pyridine rings is 1. The molecule has 1 aromatic rings.